The number of hydrogen-bond donors (Lipinski definition) is 1. The number of anilines is 1. The van der Waals surface area contributed by atoms with Crippen LogP contribution in [0.1, 0.15) is 12.5 Å². The van der Waals surface area contributed by atoms with Gasteiger partial charge in [0.15, 0.2) is 0 Å². The van der Waals surface area contributed by atoms with Gasteiger partial charge in [0.25, 0.3) is 0 Å². The summed E-state index contributed by atoms with van der Waals surface area (Å²) in [5.74, 6) is 0.562. The number of aromatic nitrogens is 2. The smallest absolute Gasteiger partial charge is 0.146 e. The lowest BCUT2D eigenvalue weighted by Crippen LogP contribution is -1.94. The largest absolute Gasteiger partial charge is 0.382 e. The van der Waals surface area contributed by atoms with E-state index in [2.05, 4.69) is 36.3 Å². The summed E-state index contributed by atoms with van der Waals surface area (Å²) in [7, 11) is 1.90. The van der Waals surface area contributed by atoms with Gasteiger partial charge in [0.2, 0.25) is 0 Å². The van der Waals surface area contributed by atoms with Crippen LogP contribution in [-0.2, 0) is 13.5 Å². The molecule has 0 aliphatic heterocycles. The zero-order valence-corrected chi connectivity index (χ0v) is 9.07. The molecule has 78 valence electrons. The fourth-order valence-corrected chi connectivity index (χ4v) is 1.67. The Balaban J connectivity index is 2.41. The van der Waals surface area contributed by atoms with Crippen LogP contribution in [0.15, 0.2) is 30.3 Å². The normalized spacial score (nSPS) is 10.5. The molecule has 0 unspecified atom stereocenters. The molecule has 0 aliphatic carbocycles. The molecule has 0 spiro atoms. The van der Waals surface area contributed by atoms with Crippen LogP contribution in [0.25, 0.3) is 11.3 Å². The zero-order chi connectivity index (χ0) is 10.8. The molecule has 3 heteroatoms. The van der Waals surface area contributed by atoms with E-state index in [0.29, 0.717) is 5.82 Å². The first-order valence-electron chi connectivity index (χ1n) is 5.09. The van der Waals surface area contributed by atoms with E-state index in [1.807, 2.05) is 13.1 Å². The van der Waals surface area contributed by atoms with Crippen molar-refractivity contribution in [1.29, 1.82) is 0 Å². The molecule has 2 rings (SSSR count). The van der Waals surface area contributed by atoms with Crippen molar-refractivity contribution < 1.29 is 0 Å². The molecule has 0 bridgehead atoms. The highest BCUT2D eigenvalue weighted by Crippen LogP contribution is 2.21. The van der Waals surface area contributed by atoms with Gasteiger partial charge in [-0.1, -0.05) is 31.2 Å². The number of rotatable bonds is 2. The Labute approximate surface area is 89.5 Å². The zero-order valence-electron chi connectivity index (χ0n) is 9.07. The molecule has 2 aromatic rings. The number of benzene rings is 1. The maximum Gasteiger partial charge on any atom is 0.146 e. The van der Waals surface area contributed by atoms with Crippen molar-refractivity contribution in [2.45, 2.75) is 13.3 Å². The number of hydrogen-bond acceptors (Lipinski definition) is 2. The molecule has 15 heavy (non-hydrogen) atoms. The minimum absolute atomic E-state index is 0.562. The maximum absolute atomic E-state index is 5.64. The second-order valence-corrected chi connectivity index (χ2v) is 3.63. The van der Waals surface area contributed by atoms with Gasteiger partial charge in [0, 0.05) is 13.1 Å². The summed E-state index contributed by atoms with van der Waals surface area (Å²) in [6, 6.07) is 10.4. The number of aryl methyl sites for hydroxylation is 2. The van der Waals surface area contributed by atoms with Gasteiger partial charge in [-0.3, -0.25) is 4.68 Å². The Morgan fingerprint density at radius 2 is 1.93 bits per heavy atom. The minimum atomic E-state index is 0.562. The number of nitrogen functional groups attached to an aromatic ring is 1. The summed E-state index contributed by atoms with van der Waals surface area (Å²) >= 11 is 0. The van der Waals surface area contributed by atoms with Gasteiger partial charge in [-0.05, 0) is 17.5 Å². The molecule has 3 nitrogen and oxygen atoms in total. The lowest BCUT2D eigenvalue weighted by Gasteiger charge is -2.02. The molecule has 1 aromatic heterocycles. The number of nitrogens with two attached hydrogens (primary N) is 1. The summed E-state index contributed by atoms with van der Waals surface area (Å²) in [6.07, 6.45) is 1.06. The lowest BCUT2D eigenvalue weighted by molar-refractivity contribution is 0.780. The molecule has 1 heterocycles. The molecule has 2 N–H and O–H groups in total. The monoisotopic (exact) mass is 201 g/mol. The molecule has 0 saturated carbocycles. The van der Waals surface area contributed by atoms with Gasteiger partial charge in [0.1, 0.15) is 5.82 Å². The van der Waals surface area contributed by atoms with Gasteiger partial charge in [-0.25, -0.2) is 0 Å². The topological polar surface area (TPSA) is 43.8 Å². The highest BCUT2D eigenvalue weighted by molar-refractivity contribution is 5.62. The summed E-state index contributed by atoms with van der Waals surface area (Å²) < 4.78 is 1.80. The average molecular weight is 201 g/mol. The van der Waals surface area contributed by atoms with E-state index in [1.165, 1.54) is 5.56 Å². The summed E-state index contributed by atoms with van der Waals surface area (Å²) in [5, 5.41) is 4.12. The molecular weight excluding hydrogens is 186 g/mol. The molecule has 0 saturated heterocycles. The van der Waals surface area contributed by atoms with Crippen LogP contribution < -0.4 is 5.73 Å². The predicted molar refractivity (Wildman–Crippen MR) is 62.4 cm³/mol. The molecule has 1 aromatic carbocycles. The first-order valence-corrected chi connectivity index (χ1v) is 5.09. The van der Waals surface area contributed by atoms with E-state index < -0.39 is 0 Å². The van der Waals surface area contributed by atoms with Crippen molar-refractivity contribution in [3.05, 3.63) is 35.9 Å². The molecule has 0 amide bonds. The fourth-order valence-electron chi connectivity index (χ4n) is 1.67. The molecule has 0 radical (unpaired) electrons. The first kappa shape index (κ1) is 9.77. The van der Waals surface area contributed by atoms with E-state index >= 15 is 0 Å². The van der Waals surface area contributed by atoms with Crippen LogP contribution in [0, 0.1) is 0 Å². The Morgan fingerprint density at radius 1 is 1.27 bits per heavy atom. The Morgan fingerprint density at radius 3 is 2.40 bits per heavy atom. The van der Waals surface area contributed by atoms with Gasteiger partial charge < -0.3 is 5.73 Å². The predicted octanol–water partition coefficient (Wildman–Crippen LogP) is 2.23. The Hall–Kier alpha value is -1.77. The van der Waals surface area contributed by atoms with Crippen LogP contribution >= 0.6 is 0 Å². The highest BCUT2D eigenvalue weighted by Gasteiger charge is 2.04. The summed E-state index contributed by atoms with van der Waals surface area (Å²) in [4.78, 5) is 0. The van der Waals surface area contributed by atoms with Crippen molar-refractivity contribution in [3.8, 4) is 11.3 Å². The van der Waals surface area contributed by atoms with E-state index in [4.69, 9.17) is 5.73 Å². The van der Waals surface area contributed by atoms with Crippen LogP contribution in [0.5, 0.6) is 0 Å². The van der Waals surface area contributed by atoms with Gasteiger partial charge >= 0.3 is 0 Å². The van der Waals surface area contributed by atoms with Gasteiger partial charge in [0.05, 0.1) is 5.69 Å². The van der Waals surface area contributed by atoms with Crippen LogP contribution in [-0.4, -0.2) is 9.78 Å². The van der Waals surface area contributed by atoms with Crippen molar-refractivity contribution in [2.24, 2.45) is 7.05 Å². The average Bonchev–Trinajstić information content (AvgIpc) is 2.58. The van der Waals surface area contributed by atoms with E-state index in [-0.39, 0.29) is 0 Å². The van der Waals surface area contributed by atoms with Gasteiger partial charge in [-0.2, -0.15) is 5.10 Å². The Kier molecular flexibility index (Phi) is 2.46. The fraction of sp³-hybridized carbons (Fsp3) is 0.250. The Bertz CT molecular complexity index is 454. The third kappa shape index (κ3) is 1.86. The molecule has 0 fully saturated rings. The van der Waals surface area contributed by atoms with Crippen LogP contribution in [0.4, 0.5) is 5.82 Å². The quantitative estimate of drug-likeness (QED) is 0.809. The maximum atomic E-state index is 5.64. The van der Waals surface area contributed by atoms with Crippen molar-refractivity contribution in [2.75, 3.05) is 5.73 Å². The van der Waals surface area contributed by atoms with Crippen LogP contribution in [0.2, 0.25) is 0 Å². The highest BCUT2D eigenvalue weighted by atomic mass is 15.3. The van der Waals surface area contributed by atoms with E-state index in [9.17, 15) is 0 Å². The second-order valence-electron chi connectivity index (χ2n) is 3.63. The SMILES string of the molecule is CCc1ccc(-c2cc(N)nn2C)cc1. The first-order chi connectivity index (χ1) is 7.20. The second kappa shape index (κ2) is 3.77. The van der Waals surface area contributed by atoms with E-state index in [0.717, 1.165) is 17.7 Å². The molecule has 0 aliphatic rings. The minimum Gasteiger partial charge on any atom is -0.382 e. The molecule has 0 atom stereocenters. The van der Waals surface area contributed by atoms with Crippen molar-refractivity contribution in [1.82, 2.24) is 9.78 Å². The third-order valence-electron chi connectivity index (χ3n) is 2.56. The number of nitrogens with zero attached hydrogens (tertiary/aromatic N) is 2. The van der Waals surface area contributed by atoms with Crippen LogP contribution in [0.3, 0.4) is 0 Å². The molecular formula is C12H15N3. The van der Waals surface area contributed by atoms with Crippen molar-refractivity contribution in [3.63, 3.8) is 0 Å². The summed E-state index contributed by atoms with van der Waals surface area (Å²) in [6.45, 7) is 2.15. The lowest BCUT2D eigenvalue weighted by atomic mass is 10.1. The third-order valence-corrected chi connectivity index (χ3v) is 2.56. The van der Waals surface area contributed by atoms with Crippen molar-refractivity contribution >= 4 is 5.82 Å². The van der Waals surface area contributed by atoms with Gasteiger partial charge in [-0.15, -0.1) is 0 Å². The standard InChI is InChI=1S/C12H15N3/c1-3-9-4-6-10(7-5-9)11-8-12(13)14-15(11)2/h4-8H,3H2,1-2H3,(H2,13,14). The summed E-state index contributed by atoms with van der Waals surface area (Å²) in [5.41, 5.74) is 9.19. The van der Waals surface area contributed by atoms with E-state index in [1.54, 1.807) is 4.68 Å².